The van der Waals surface area contributed by atoms with Crippen LogP contribution >= 0.6 is 0 Å². The Balaban J connectivity index is 2.20. The van der Waals surface area contributed by atoms with E-state index in [1.54, 1.807) is 6.92 Å². The number of carbonyl (C=O) groups excluding carboxylic acids is 1. The van der Waals surface area contributed by atoms with Crippen molar-refractivity contribution in [3.05, 3.63) is 41.3 Å². The van der Waals surface area contributed by atoms with E-state index >= 15 is 0 Å². The van der Waals surface area contributed by atoms with Gasteiger partial charge in [0.05, 0.1) is 11.8 Å². The van der Waals surface area contributed by atoms with Gasteiger partial charge in [0.2, 0.25) is 0 Å². The molecule has 0 aliphatic heterocycles. The second kappa shape index (κ2) is 4.66. The lowest BCUT2D eigenvalue weighted by atomic mass is 10.2. The van der Waals surface area contributed by atoms with Crippen molar-refractivity contribution in [1.29, 1.82) is 0 Å². The van der Waals surface area contributed by atoms with Crippen LogP contribution < -0.4 is 5.32 Å². The fourth-order valence-electron chi connectivity index (χ4n) is 1.39. The first-order valence-corrected chi connectivity index (χ1v) is 5.09. The highest BCUT2D eigenvalue weighted by Gasteiger charge is 2.12. The van der Waals surface area contributed by atoms with E-state index in [4.69, 9.17) is 5.11 Å². The van der Waals surface area contributed by atoms with Crippen molar-refractivity contribution in [2.24, 2.45) is 0 Å². The zero-order valence-electron chi connectivity index (χ0n) is 9.47. The van der Waals surface area contributed by atoms with E-state index in [-0.39, 0.29) is 11.5 Å². The normalized spacial score (nSPS) is 10.1. The molecule has 0 unspecified atom stereocenters. The van der Waals surface area contributed by atoms with Gasteiger partial charge in [-0.25, -0.2) is 9.78 Å². The van der Waals surface area contributed by atoms with E-state index in [0.29, 0.717) is 11.3 Å². The smallest absolute Gasteiger partial charge is 0.354 e. The molecule has 0 spiro atoms. The van der Waals surface area contributed by atoms with Crippen molar-refractivity contribution in [3.8, 4) is 0 Å². The molecule has 92 valence electrons. The van der Waals surface area contributed by atoms with Gasteiger partial charge in [-0.05, 0) is 19.1 Å². The molecule has 2 aromatic heterocycles. The van der Waals surface area contributed by atoms with Gasteiger partial charge in [0.15, 0.2) is 5.69 Å². The number of hydrogen-bond acceptors (Lipinski definition) is 4. The first-order valence-electron chi connectivity index (χ1n) is 5.09. The summed E-state index contributed by atoms with van der Waals surface area (Å²) in [7, 11) is 0. The van der Waals surface area contributed by atoms with Crippen molar-refractivity contribution in [1.82, 2.24) is 15.2 Å². The Bertz CT molecular complexity index is 606. The van der Waals surface area contributed by atoms with Gasteiger partial charge in [-0.2, -0.15) is 5.10 Å². The van der Waals surface area contributed by atoms with Gasteiger partial charge in [0.1, 0.15) is 5.82 Å². The lowest BCUT2D eigenvalue weighted by molar-refractivity contribution is 0.0690. The number of aromatic amines is 1. The highest BCUT2D eigenvalue weighted by Crippen LogP contribution is 2.09. The van der Waals surface area contributed by atoms with Crippen LogP contribution in [0.5, 0.6) is 0 Å². The average molecular weight is 246 g/mol. The molecular weight excluding hydrogens is 236 g/mol. The van der Waals surface area contributed by atoms with Crippen molar-refractivity contribution in [3.63, 3.8) is 0 Å². The first kappa shape index (κ1) is 11.8. The zero-order chi connectivity index (χ0) is 13.1. The van der Waals surface area contributed by atoms with Crippen LogP contribution in [-0.2, 0) is 0 Å². The second-order valence-corrected chi connectivity index (χ2v) is 3.58. The number of carbonyl (C=O) groups is 2. The van der Waals surface area contributed by atoms with Crippen LogP contribution in [0.25, 0.3) is 0 Å². The van der Waals surface area contributed by atoms with E-state index in [0.717, 1.165) is 0 Å². The third-order valence-corrected chi connectivity index (χ3v) is 2.28. The Labute approximate surface area is 102 Å². The summed E-state index contributed by atoms with van der Waals surface area (Å²) in [5, 5.41) is 17.7. The van der Waals surface area contributed by atoms with E-state index < -0.39 is 11.9 Å². The van der Waals surface area contributed by atoms with Gasteiger partial charge < -0.3 is 10.4 Å². The monoisotopic (exact) mass is 246 g/mol. The zero-order valence-corrected chi connectivity index (χ0v) is 9.47. The number of nitrogens with one attached hydrogen (secondary N) is 2. The number of rotatable bonds is 3. The topological polar surface area (TPSA) is 108 Å². The summed E-state index contributed by atoms with van der Waals surface area (Å²) in [6.07, 6.45) is 1.39. The summed E-state index contributed by atoms with van der Waals surface area (Å²) in [6.45, 7) is 1.71. The SMILES string of the molecule is Cc1[nH]ncc1C(=O)Nc1cccc(C(=O)O)n1. The second-order valence-electron chi connectivity index (χ2n) is 3.58. The lowest BCUT2D eigenvalue weighted by Gasteiger charge is -2.04. The van der Waals surface area contributed by atoms with Gasteiger partial charge >= 0.3 is 5.97 Å². The summed E-state index contributed by atoms with van der Waals surface area (Å²) in [6, 6.07) is 4.37. The van der Waals surface area contributed by atoms with E-state index in [2.05, 4.69) is 20.5 Å². The van der Waals surface area contributed by atoms with Gasteiger partial charge in [-0.1, -0.05) is 6.07 Å². The van der Waals surface area contributed by atoms with Crippen molar-refractivity contribution >= 4 is 17.7 Å². The molecule has 2 heterocycles. The molecule has 7 nitrogen and oxygen atoms in total. The number of pyridine rings is 1. The average Bonchev–Trinajstić information content (AvgIpc) is 2.76. The number of aryl methyl sites for hydroxylation is 1. The summed E-state index contributed by atoms with van der Waals surface area (Å²) in [5.41, 5.74) is 0.885. The number of anilines is 1. The predicted molar refractivity (Wildman–Crippen MR) is 62.5 cm³/mol. The number of amides is 1. The number of nitrogens with zero attached hydrogens (tertiary/aromatic N) is 2. The molecule has 0 aliphatic rings. The molecule has 0 atom stereocenters. The summed E-state index contributed by atoms with van der Waals surface area (Å²) in [4.78, 5) is 26.3. The van der Waals surface area contributed by atoms with Gasteiger partial charge in [-0.3, -0.25) is 9.89 Å². The molecule has 1 amide bonds. The third-order valence-electron chi connectivity index (χ3n) is 2.28. The fourth-order valence-corrected chi connectivity index (χ4v) is 1.39. The fraction of sp³-hybridized carbons (Fsp3) is 0.0909. The molecular formula is C11H10N4O3. The van der Waals surface area contributed by atoms with E-state index in [1.165, 1.54) is 24.4 Å². The predicted octanol–water partition coefficient (Wildman–Crippen LogP) is 1.06. The van der Waals surface area contributed by atoms with Gasteiger partial charge in [-0.15, -0.1) is 0 Å². The standard InChI is InChI=1S/C11H10N4O3/c1-6-7(5-12-15-6)10(16)14-9-4-2-3-8(13-9)11(17)18/h2-5H,1H3,(H,12,15)(H,17,18)(H,13,14,16). The maximum atomic E-state index is 11.8. The molecule has 3 N–H and O–H groups in total. The van der Waals surface area contributed by atoms with Crippen LogP contribution in [0.15, 0.2) is 24.4 Å². The maximum Gasteiger partial charge on any atom is 0.354 e. The Morgan fingerprint density at radius 3 is 2.78 bits per heavy atom. The molecule has 0 aromatic carbocycles. The Morgan fingerprint density at radius 1 is 1.39 bits per heavy atom. The number of H-pyrrole nitrogens is 1. The van der Waals surface area contributed by atoms with Crippen molar-refractivity contribution in [2.45, 2.75) is 6.92 Å². The Kier molecular flexibility index (Phi) is 3.05. The molecule has 18 heavy (non-hydrogen) atoms. The number of aromatic nitrogens is 3. The Morgan fingerprint density at radius 2 is 2.17 bits per heavy atom. The van der Waals surface area contributed by atoms with Crippen molar-refractivity contribution < 1.29 is 14.7 Å². The molecule has 0 radical (unpaired) electrons. The number of aromatic carboxylic acids is 1. The molecule has 0 aliphatic carbocycles. The lowest BCUT2D eigenvalue weighted by Crippen LogP contribution is -2.14. The largest absolute Gasteiger partial charge is 0.477 e. The van der Waals surface area contributed by atoms with Crippen LogP contribution in [0.4, 0.5) is 5.82 Å². The number of carboxylic acid groups (broad SMARTS) is 1. The molecule has 2 aromatic rings. The first-order chi connectivity index (χ1) is 8.58. The maximum absolute atomic E-state index is 11.8. The Hall–Kier alpha value is -2.70. The highest BCUT2D eigenvalue weighted by atomic mass is 16.4. The quantitative estimate of drug-likeness (QED) is 0.750. The van der Waals surface area contributed by atoms with Crippen LogP contribution in [-0.4, -0.2) is 32.2 Å². The van der Waals surface area contributed by atoms with E-state index in [9.17, 15) is 9.59 Å². The van der Waals surface area contributed by atoms with Gasteiger partial charge in [0.25, 0.3) is 5.91 Å². The molecule has 7 heteroatoms. The molecule has 0 fully saturated rings. The minimum atomic E-state index is -1.15. The summed E-state index contributed by atoms with van der Waals surface area (Å²) >= 11 is 0. The van der Waals surface area contributed by atoms with Crippen LogP contribution in [0.3, 0.4) is 0 Å². The molecule has 0 saturated heterocycles. The van der Waals surface area contributed by atoms with Crippen molar-refractivity contribution in [2.75, 3.05) is 5.32 Å². The summed E-state index contributed by atoms with van der Waals surface area (Å²) in [5.74, 6) is -1.36. The van der Waals surface area contributed by atoms with Crippen LogP contribution in [0.1, 0.15) is 26.5 Å². The van der Waals surface area contributed by atoms with Gasteiger partial charge in [0, 0.05) is 5.69 Å². The van der Waals surface area contributed by atoms with Crippen LogP contribution in [0.2, 0.25) is 0 Å². The molecule has 2 rings (SSSR count). The minimum Gasteiger partial charge on any atom is -0.477 e. The molecule has 0 saturated carbocycles. The number of carboxylic acids is 1. The number of hydrogen-bond donors (Lipinski definition) is 3. The van der Waals surface area contributed by atoms with Crippen LogP contribution in [0, 0.1) is 6.92 Å². The highest BCUT2D eigenvalue weighted by molar-refractivity contribution is 6.04. The third kappa shape index (κ3) is 2.34. The minimum absolute atomic E-state index is 0.128. The summed E-state index contributed by atoms with van der Waals surface area (Å²) < 4.78 is 0. The molecule has 0 bridgehead atoms. The van der Waals surface area contributed by atoms with E-state index in [1.807, 2.05) is 0 Å².